The monoisotopic (exact) mass is 406 g/mol. The first-order valence-corrected chi connectivity index (χ1v) is 9.10. The summed E-state index contributed by atoms with van der Waals surface area (Å²) in [6.45, 7) is 3.59. The predicted molar refractivity (Wildman–Crippen MR) is 91.6 cm³/mol. The van der Waals surface area contributed by atoms with Crippen molar-refractivity contribution in [3.63, 3.8) is 0 Å². The molecule has 7 nitrogen and oxygen atoms in total. The standard InChI is InChI=1S/C16H17F3N2O5S/c1-9(2)14(15(22)25-3)21-13-7-11-6-12(5-4-10(11)8-20-13)26-27(23,24)16(17,18)19/h4-9,14H,1-3H3,(H,20,21). The van der Waals surface area contributed by atoms with Crippen LogP contribution in [0.5, 0.6) is 5.75 Å². The Hall–Kier alpha value is -2.56. The van der Waals surface area contributed by atoms with Gasteiger partial charge in [-0.1, -0.05) is 13.8 Å². The van der Waals surface area contributed by atoms with Gasteiger partial charge in [0.2, 0.25) is 0 Å². The van der Waals surface area contributed by atoms with Gasteiger partial charge in [0.25, 0.3) is 0 Å². The minimum absolute atomic E-state index is 0.124. The van der Waals surface area contributed by atoms with Crippen molar-refractivity contribution in [2.45, 2.75) is 25.4 Å². The SMILES string of the molecule is COC(=O)C(Nc1cc2cc(OS(=O)(=O)C(F)(F)F)ccc2cn1)C(C)C. The highest BCUT2D eigenvalue weighted by atomic mass is 32.2. The van der Waals surface area contributed by atoms with Gasteiger partial charge in [0.15, 0.2) is 0 Å². The molecule has 0 spiro atoms. The first-order chi connectivity index (χ1) is 12.4. The van der Waals surface area contributed by atoms with Gasteiger partial charge >= 0.3 is 21.6 Å². The lowest BCUT2D eigenvalue weighted by Gasteiger charge is -2.20. The first kappa shape index (κ1) is 20.7. The number of hydrogen-bond donors (Lipinski definition) is 1. The molecule has 2 rings (SSSR count). The predicted octanol–water partition coefficient (Wildman–Crippen LogP) is 3.07. The number of aromatic nitrogens is 1. The number of methoxy groups -OCH3 is 1. The summed E-state index contributed by atoms with van der Waals surface area (Å²) in [7, 11) is -4.52. The van der Waals surface area contributed by atoms with Crippen LogP contribution < -0.4 is 9.50 Å². The molecule has 1 unspecified atom stereocenters. The van der Waals surface area contributed by atoms with Crippen molar-refractivity contribution in [3.8, 4) is 5.75 Å². The van der Waals surface area contributed by atoms with Gasteiger partial charge in [-0.25, -0.2) is 9.78 Å². The average Bonchev–Trinajstić information content (AvgIpc) is 2.57. The maximum Gasteiger partial charge on any atom is 0.534 e. The molecule has 1 N–H and O–H groups in total. The van der Waals surface area contributed by atoms with Crippen LogP contribution in [0, 0.1) is 5.92 Å². The highest BCUT2D eigenvalue weighted by Gasteiger charge is 2.48. The Morgan fingerprint density at radius 1 is 1.19 bits per heavy atom. The lowest BCUT2D eigenvalue weighted by atomic mass is 10.0. The molecule has 11 heteroatoms. The van der Waals surface area contributed by atoms with E-state index < -0.39 is 33.4 Å². The Morgan fingerprint density at radius 3 is 2.41 bits per heavy atom. The molecule has 1 aromatic heterocycles. The van der Waals surface area contributed by atoms with Crippen LogP contribution in [-0.4, -0.2) is 38.0 Å². The Labute approximate surface area is 153 Å². The molecular formula is C16H17F3N2O5S. The minimum atomic E-state index is -5.77. The first-order valence-electron chi connectivity index (χ1n) is 7.69. The summed E-state index contributed by atoms with van der Waals surface area (Å²) in [5.74, 6) is -0.852. The summed E-state index contributed by atoms with van der Waals surface area (Å²) in [5, 5.41) is 3.80. The molecular weight excluding hydrogens is 389 g/mol. The Bertz CT molecular complexity index is 945. The fourth-order valence-corrected chi connectivity index (χ4v) is 2.66. The van der Waals surface area contributed by atoms with Gasteiger partial charge in [0, 0.05) is 11.6 Å². The maximum absolute atomic E-state index is 12.4. The third kappa shape index (κ3) is 4.79. The normalized spacial score (nSPS) is 13.4. The summed E-state index contributed by atoms with van der Waals surface area (Å²) in [6, 6.07) is 4.36. The quantitative estimate of drug-likeness (QED) is 0.448. The van der Waals surface area contributed by atoms with Gasteiger partial charge < -0.3 is 14.2 Å². The van der Waals surface area contributed by atoms with Crippen molar-refractivity contribution in [2.24, 2.45) is 5.92 Å². The molecule has 2 aromatic rings. The molecule has 148 valence electrons. The number of benzene rings is 1. The summed E-state index contributed by atoms with van der Waals surface area (Å²) in [6.07, 6.45) is 1.42. The van der Waals surface area contributed by atoms with Crippen molar-refractivity contribution < 1.29 is 35.3 Å². The van der Waals surface area contributed by atoms with Crippen LogP contribution in [0.1, 0.15) is 13.8 Å². The van der Waals surface area contributed by atoms with Crippen LogP contribution in [-0.2, 0) is 19.6 Å². The molecule has 1 aromatic carbocycles. The number of carbonyl (C=O) groups excluding carboxylic acids is 1. The topological polar surface area (TPSA) is 94.6 Å². The maximum atomic E-state index is 12.4. The lowest BCUT2D eigenvalue weighted by molar-refractivity contribution is -0.142. The van der Waals surface area contributed by atoms with E-state index in [0.29, 0.717) is 10.8 Å². The van der Waals surface area contributed by atoms with E-state index in [1.54, 1.807) is 13.8 Å². The van der Waals surface area contributed by atoms with E-state index in [9.17, 15) is 26.4 Å². The van der Waals surface area contributed by atoms with Gasteiger partial charge in [0.1, 0.15) is 17.6 Å². The molecule has 0 aliphatic heterocycles. The van der Waals surface area contributed by atoms with Gasteiger partial charge in [-0.2, -0.15) is 21.6 Å². The number of rotatable bonds is 6. The van der Waals surface area contributed by atoms with Crippen molar-refractivity contribution in [1.29, 1.82) is 0 Å². The number of carbonyl (C=O) groups is 1. The van der Waals surface area contributed by atoms with E-state index in [1.165, 1.54) is 25.4 Å². The fourth-order valence-electron chi connectivity index (χ4n) is 2.21. The van der Waals surface area contributed by atoms with Gasteiger partial charge in [0.05, 0.1) is 7.11 Å². The number of halogens is 3. The molecule has 27 heavy (non-hydrogen) atoms. The van der Waals surface area contributed by atoms with Gasteiger partial charge in [-0.15, -0.1) is 0 Å². The molecule has 0 bridgehead atoms. The number of esters is 1. The van der Waals surface area contributed by atoms with E-state index in [-0.39, 0.29) is 11.7 Å². The summed E-state index contributed by atoms with van der Waals surface area (Å²) in [5.41, 5.74) is -5.53. The summed E-state index contributed by atoms with van der Waals surface area (Å²) in [4.78, 5) is 16.0. The third-order valence-corrected chi connectivity index (χ3v) is 4.59. The molecule has 0 aliphatic carbocycles. The molecule has 0 amide bonds. The Kier molecular flexibility index (Phi) is 5.83. The lowest BCUT2D eigenvalue weighted by Crippen LogP contribution is -2.35. The van der Waals surface area contributed by atoms with Crippen LogP contribution in [0.4, 0.5) is 19.0 Å². The zero-order valence-corrected chi connectivity index (χ0v) is 15.4. The van der Waals surface area contributed by atoms with Crippen LogP contribution >= 0.6 is 0 Å². The van der Waals surface area contributed by atoms with E-state index in [1.807, 2.05) is 0 Å². The largest absolute Gasteiger partial charge is 0.534 e. The van der Waals surface area contributed by atoms with Crippen molar-refractivity contribution in [2.75, 3.05) is 12.4 Å². The average molecular weight is 406 g/mol. The molecule has 1 heterocycles. The highest BCUT2D eigenvalue weighted by Crippen LogP contribution is 2.29. The Balaban J connectivity index is 2.34. The molecule has 0 fully saturated rings. The van der Waals surface area contributed by atoms with E-state index in [2.05, 4.69) is 14.5 Å². The number of ether oxygens (including phenoxy) is 1. The zero-order valence-electron chi connectivity index (χ0n) is 14.6. The van der Waals surface area contributed by atoms with Crippen LogP contribution in [0.15, 0.2) is 30.5 Å². The van der Waals surface area contributed by atoms with Crippen LogP contribution in [0.3, 0.4) is 0 Å². The number of anilines is 1. The number of pyridine rings is 1. The molecule has 1 atom stereocenters. The molecule has 0 saturated heterocycles. The van der Waals surface area contributed by atoms with Crippen LogP contribution in [0.25, 0.3) is 10.8 Å². The van der Waals surface area contributed by atoms with E-state index >= 15 is 0 Å². The van der Waals surface area contributed by atoms with E-state index in [0.717, 1.165) is 12.1 Å². The van der Waals surface area contributed by atoms with Crippen LogP contribution in [0.2, 0.25) is 0 Å². The number of fused-ring (bicyclic) bond motifs is 1. The number of nitrogens with zero attached hydrogens (tertiary/aromatic N) is 1. The number of nitrogens with one attached hydrogen (secondary N) is 1. The molecule has 0 saturated carbocycles. The second-order valence-corrected chi connectivity index (χ2v) is 7.49. The van der Waals surface area contributed by atoms with Crippen molar-refractivity contribution >= 4 is 32.7 Å². The van der Waals surface area contributed by atoms with Crippen molar-refractivity contribution in [3.05, 3.63) is 30.5 Å². The van der Waals surface area contributed by atoms with Gasteiger partial charge in [-0.05, 0) is 35.6 Å². The third-order valence-electron chi connectivity index (χ3n) is 3.61. The zero-order chi connectivity index (χ0) is 20.4. The number of alkyl halides is 3. The number of hydrogen-bond acceptors (Lipinski definition) is 7. The Morgan fingerprint density at radius 2 is 1.85 bits per heavy atom. The fraction of sp³-hybridized carbons (Fsp3) is 0.375. The second-order valence-electron chi connectivity index (χ2n) is 5.95. The second kappa shape index (κ2) is 7.59. The highest BCUT2D eigenvalue weighted by molar-refractivity contribution is 7.88. The van der Waals surface area contributed by atoms with E-state index in [4.69, 9.17) is 4.74 Å². The smallest absolute Gasteiger partial charge is 0.467 e. The van der Waals surface area contributed by atoms with Gasteiger partial charge in [-0.3, -0.25) is 0 Å². The summed E-state index contributed by atoms with van der Waals surface area (Å²) < 4.78 is 68.4. The summed E-state index contributed by atoms with van der Waals surface area (Å²) >= 11 is 0. The minimum Gasteiger partial charge on any atom is -0.467 e. The molecule has 0 radical (unpaired) electrons. The molecule has 0 aliphatic rings. The van der Waals surface area contributed by atoms with Crippen molar-refractivity contribution in [1.82, 2.24) is 4.98 Å².